The maximum absolute atomic E-state index is 12.8. The van der Waals surface area contributed by atoms with E-state index < -0.39 is 5.97 Å². The number of para-hydroxylation sites is 1. The van der Waals surface area contributed by atoms with Crippen LogP contribution in [0.2, 0.25) is 0 Å². The molecule has 0 unspecified atom stereocenters. The molecule has 1 saturated heterocycles. The second-order valence-corrected chi connectivity index (χ2v) is 6.17. The first-order chi connectivity index (χ1) is 12.1. The van der Waals surface area contributed by atoms with E-state index in [1.54, 1.807) is 25.3 Å². The number of methoxy groups -OCH3 is 1. The highest BCUT2D eigenvalue weighted by Crippen LogP contribution is 2.37. The Morgan fingerprint density at radius 2 is 2.00 bits per heavy atom. The number of nitrogens with zero attached hydrogens (tertiary/aromatic N) is 1. The van der Waals surface area contributed by atoms with Gasteiger partial charge in [-0.25, -0.2) is 4.79 Å². The molecule has 2 aromatic carbocycles. The first-order valence-electron chi connectivity index (χ1n) is 8.35. The van der Waals surface area contributed by atoms with Crippen molar-refractivity contribution in [2.45, 2.75) is 25.3 Å². The molecule has 1 atom stereocenters. The van der Waals surface area contributed by atoms with Crippen LogP contribution < -0.4 is 4.74 Å². The predicted octanol–water partition coefficient (Wildman–Crippen LogP) is 3.30. The van der Waals surface area contributed by atoms with Crippen molar-refractivity contribution in [3.8, 4) is 5.75 Å². The molecule has 5 heteroatoms. The van der Waals surface area contributed by atoms with Gasteiger partial charge in [-0.3, -0.25) is 4.79 Å². The number of hydrogen-bond acceptors (Lipinski definition) is 3. The molecule has 1 aliphatic heterocycles. The highest BCUT2D eigenvalue weighted by Gasteiger charge is 2.31. The Morgan fingerprint density at radius 1 is 1.20 bits per heavy atom. The highest BCUT2D eigenvalue weighted by molar-refractivity contribution is 5.88. The van der Waals surface area contributed by atoms with Crippen LogP contribution in [-0.2, 0) is 11.2 Å². The number of amides is 1. The van der Waals surface area contributed by atoms with Crippen molar-refractivity contribution < 1.29 is 19.4 Å². The summed E-state index contributed by atoms with van der Waals surface area (Å²) >= 11 is 0. The number of carboxylic acid groups (broad SMARTS) is 1. The van der Waals surface area contributed by atoms with Crippen molar-refractivity contribution in [3.63, 3.8) is 0 Å². The molecule has 25 heavy (non-hydrogen) atoms. The molecule has 1 N–H and O–H groups in total. The maximum Gasteiger partial charge on any atom is 0.335 e. The number of aromatic carboxylic acids is 1. The zero-order valence-corrected chi connectivity index (χ0v) is 14.1. The third-order valence-corrected chi connectivity index (χ3v) is 4.60. The van der Waals surface area contributed by atoms with E-state index in [0.29, 0.717) is 6.54 Å². The van der Waals surface area contributed by atoms with E-state index in [0.717, 1.165) is 29.7 Å². The number of benzene rings is 2. The summed E-state index contributed by atoms with van der Waals surface area (Å²) in [7, 11) is 1.64. The molecule has 0 aromatic heterocycles. The summed E-state index contributed by atoms with van der Waals surface area (Å²) in [5.74, 6) is -0.182. The second-order valence-electron chi connectivity index (χ2n) is 6.17. The van der Waals surface area contributed by atoms with Gasteiger partial charge < -0.3 is 14.7 Å². The van der Waals surface area contributed by atoms with E-state index in [9.17, 15) is 9.59 Å². The Morgan fingerprint density at radius 3 is 2.76 bits per heavy atom. The minimum Gasteiger partial charge on any atom is -0.496 e. The zero-order valence-electron chi connectivity index (χ0n) is 14.1. The normalized spacial score (nSPS) is 16.7. The van der Waals surface area contributed by atoms with Crippen LogP contribution in [0.25, 0.3) is 0 Å². The number of ether oxygens (including phenoxy) is 1. The summed E-state index contributed by atoms with van der Waals surface area (Å²) < 4.78 is 5.44. The molecule has 1 heterocycles. The van der Waals surface area contributed by atoms with Crippen LogP contribution in [0.1, 0.15) is 40.4 Å². The van der Waals surface area contributed by atoms with E-state index in [1.165, 1.54) is 6.07 Å². The van der Waals surface area contributed by atoms with Crippen LogP contribution in [-0.4, -0.2) is 35.5 Å². The third-order valence-electron chi connectivity index (χ3n) is 4.60. The summed E-state index contributed by atoms with van der Waals surface area (Å²) in [5, 5.41) is 9.09. The SMILES string of the molecule is COc1ccccc1[C@H]1CCCN1C(=O)Cc1cccc(C(=O)O)c1. The Balaban J connectivity index is 1.79. The summed E-state index contributed by atoms with van der Waals surface area (Å²) in [5.41, 5.74) is 1.94. The van der Waals surface area contributed by atoms with Gasteiger partial charge in [0.1, 0.15) is 5.75 Å². The fourth-order valence-corrected chi connectivity index (χ4v) is 3.42. The molecule has 130 valence electrons. The molecule has 5 nitrogen and oxygen atoms in total. The van der Waals surface area contributed by atoms with Crippen molar-refractivity contribution in [2.24, 2.45) is 0 Å². The maximum atomic E-state index is 12.8. The highest BCUT2D eigenvalue weighted by atomic mass is 16.5. The van der Waals surface area contributed by atoms with Crippen molar-refractivity contribution >= 4 is 11.9 Å². The van der Waals surface area contributed by atoms with E-state index >= 15 is 0 Å². The van der Waals surface area contributed by atoms with Gasteiger partial charge in [-0.2, -0.15) is 0 Å². The van der Waals surface area contributed by atoms with E-state index in [2.05, 4.69) is 0 Å². The first kappa shape index (κ1) is 17.0. The van der Waals surface area contributed by atoms with Gasteiger partial charge in [0, 0.05) is 12.1 Å². The van der Waals surface area contributed by atoms with E-state index in [4.69, 9.17) is 9.84 Å². The monoisotopic (exact) mass is 339 g/mol. The summed E-state index contributed by atoms with van der Waals surface area (Å²) in [6, 6.07) is 14.3. The summed E-state index contributed by atoms with van der Waals surface area (Å²) in [4.78, 5) is 25.8. The Kier molecular flexibility index (Phi) is 5.03. The van der Waals surface area contributed by atoms with Crippen molar-refractivity contribution in [1.29, 1.82) is 0 Å². The molecule has 3 rings (SSSR count). The lowest BCUT2D eigenvalue weighted by atomic mass is 10.0. The minimum absolute atomic E-state index is 0.00584. The molecule has 2 aromatic rings. The van der Waals surface area contributed by atoms with Crippen LogP contribution in [0, 0.1) is 0 Å². The number of likely N-dealkylation sites (tertiary alicyclic amines) is 1. The number of rotatable bonds is 5. The van der Waals surface area contributed by atoms with Crippen LogP contribution in [0.5, 0.6) is 5.75 Å². The fraction of sp³-hybridized carbons (Fsp3) is 0.300. The van der Waals surface area contributed by atoms with Crippen LogP contribution in [0.4, 0.5) is 0 Å². The lowest BCUT2D eigenvalue weighted by molar-refractivity contribution is -0.131. The fourth-order valence-electron chi connectivity index (χ4n) is 3.42. The van der Waals surface area contributed by atoms with Gasteiger partial charge in [0.05, 0.1) is 25.1 Å². The molecule has 0 aliphatic carbocycles. The number of carboxylic acids is 1. The summed E-state index contributed by atoms with van der Waals surface area (Å²) in [6.07, 6.45) is 2.05. The van der Waals surface area contributed by atoms with Gasteiger partial charge in [-0.15, -0.1) is 0 Å². The van der Waals surface area contributed by atoms with Crippen LogP contribution in [0.3, 0.4) is 0 Å². The lowest BCUT2D eigenvalue weighted by Crippen LogP contribution is -2.32. The molecule has 1 fully saturated rings. The first-order valence-corrected chi connectivity index (χ1v) is 8.35. The van der Waals surface area contributed by atoms with Gasteiger partial charge in [0.25, 0.3) is 0 Å². The van der Waals surface area contributed by atoms with Gasteiger partial charge in [-0.1, -0.05) is 30.3 Å². The minimum atomic E-state index is -0.984. The average Bonchev–Trinajstić information content (AvgIpc) is 3.11. The zero-order chi connectivity index (χ0) is 17.8. The standard InChI is InChI=1S/C20H21NO4/c1-25-18-10-3-2-8-16(18)17-9-5-11-21(17)19(22)13-14-6-4-7-15(12-14)20(23)24/h2-4,6-8,10,12,17H,5,9,11,13H2,1H3,(H,23,24)/t17-/m1/s1. The van der Waals surface area contributed by atoms with Gasteiger partial charge >= 0.3 is 5.97 Å². The van der Waals surface area contributed by atoms with Gasteiger partial charge in [0.2, 0.25) is 5.91 Å². The van der Waals surface area contributed by atoms with E-state index in [1.807, 2.05) is 29.2 Å². The lowest BCUT2D eigenvalue weighted by Gasteiger charge is -2.26. The molecule has 0 radical (unpaired) electrons. The molecule has 0 spiro atoms. The molecule has 1 amide bonds. The molecule has 0 bridgehead atoms. The number of carbonyl (C=O) groups excluding carboxylic acids is 1. The Bertz CT molecular complexity index is 787. The smallest absolute Gasteiger partial charge is 0.335 e. The van der Waals surface area contributed by atoms with Crippen molar-refractivity contribution in [1.82, 2.24) is 4.90 Å². The molecule has 1 aliphatic rings. The van der Waals surface area contributed by atoms with Crippen LogP contribution >= 0.6 is 0 Å². The van der Waals surface area contributed by atoms with Gasteiger partial charge in [0.15, 0.2) is 0 Å². The quantitative estimate of drug-likeness (QED) is 0.908. The largest absolute Gasteiger partial charge is 0.496 e. The van der Waals surface area contributed by atoms with Crippen molar-refractivity contribution in [3.05, 3.63) is 65.2 Å². The Labute approximate surface area is 146 Å². The summed E-state index contributed by atoms with van der Waals surface area (Å²) in [6.45, 7) is 0.709. The third kappa shape index (κ3) is 3.65. The number of hydrogen-bond donors (Lipinski definition) is 1. The average molecular weight is 339 g/mol. The number of carbonyl (C=O) groups is 2. The topological polar surface area (TPSA) is 66.8 Å². The van der Waals surface area contributed by atoms with E-state index in [-0.39, 0.29) is 23.9 Å². The van der Waals surface area contributed by atoms with Crippen molar-refractivity contribution in [2.75, 3.05) is 13.7 Å². The molecule has 0 saturated carbocycles. The Hall–Kier alpha value is -2.82. The molecular weight excluding hydrogens is 318 g/mol. The van der Waals surface area contributed by atoms with Gasteiger partial charge in [-0.05, 0) is 36.6 Å². The molecular formula is C20H21NO4. The van der Waals surface area contributed by atoms with Crippen LogP contribution in [0.15, 0.2) is 48.5 Å². The predicted molar refractivity (Wildman–Crippen MR) is 93.8 cm³/mol. The second kappa shape index (κ2) is 7.38.